The van der Waals surface area contributed by atoms with Crippen LogP contribution in [0.25, 0.3) is 11.1 Å². The van der Waals surface area contributed by atoms with Crippen LogP contribution in [0.3, 0.4) is 0 Å². The second kappa shape index (κ2) is 5.36. The molecule has 0 unspecified atom stereocenters. The molecule has 0 saturated heterocycles. The first-order valence-electron chi connectivity index (χ1n) is 5.84. The Kier molecular flexibility index (Phi) is 3.63. The van der Waals surface area contributed by atoms with Gasteiger partial charge in [0.05, 0.1) is 12.2 Å². The number of hydrogen-bond acceptors (Lipinski definition) is 3. The summed E-state index contributed by atoms with van der Waals surface area (Å²) in [5.74, 6) is -0.344. The van der Waals surface area contributed by atoms with E-state index in [2.05, 4.69) is 0 Å². The summed E-state index contributed by atoms with van der Waals surface area (Å²) in [5, 5.41) is 0. The molecule has 0 bridgehead atoms. The molecule has 18 heavy (non-hydrogen) atoms. The topological polar surface area (TPSA) is 52.3 Å². The number of carbonyl (C=O) groups excluding carboxylic acids is 1. The van der Waals surface area contributed by atoms with Crippen molar-refractivity contribution in [2.75, 3.05) is 12.3 Å². The first kappa shape index (κ1) is 12.2. The molecule has 0 spiro atoms. The Hall–Kier alpha value is -2.29. The first-order valence-corrected chi connectivity index (χ1v) is 5.84. The van der Waals surface area contributed by atoms with Gasteiger partial charge in [0.1, 0.15) is 0 Å². The Bertz CT molecular complexity index is 550. The van der Waals surface area contributed by atoms with E-state index in [0.29, 0.717) is 17.9 Å². The Labute approximate surface area is 106 Å². The molecule has 0 amide bonds. The number of esters is 1. The minimum atomic E-state index is -0.344. The van der Waals surface area contributed by atoms with Crippen molar-refractivity contribution in [1.29, 1.82) is 0 Å². The summed E-state index contributed by atoms with van der Waals surface area (Å²) in [4.78, 5) is 11.6. The molecule has 0 aliphatic carbocycles. The third-order valence-electron chi connectivity index (χ3n) is 2.65. The van der Waals surface area contributed by atoms with Gasteiger partial charge in [0.25, 0.3) is 0 Å². The molecule has 2 rings (SSSR count). The van der Waals surface area contributed by atoms with Gasteiger partial charge < -0.3 is 10.5 Å². The van der Waals surface area contributed by atoms with Crippen LogP contribution in [-0.2, 0) is 4.74 Å². The predicted octanol–water partition coefficient (Wildman–Crippen LogP) is 3.11. The van der Waals surface area contributed by atoms with E-state index in [1.54, 1.807) is 19.1 Å². The highest BCUT2D eigenvalue weighted by atomic mass is 16.5. The van der Waals surface area contributed by atoms with E-state index >= 15 is 0 Å². The van der Waals surface area contributed by atoms with Crippen molar-refractivity contribution >= 4 is 11.7 Å². The molecule has 0 aromatic heterocycles. The van der Waals surface area contributed by atoms with Gasteiger partial charge in [-0.3, -0.25) is 0 Å². The van der Waals surface area contributed by atoms with Crippen LogP contribution in [0.5, 0.6) is 0 Å². The highest BCUT2D eigenvalue weighted by molar-refractivity contribution is 5.92. The van der Waals surface area contributed by atoms with E-state index in [1.807, 2.05) is 36.4 Å². The normalized spacial score (nSPS) is 10.1. The van der Waals surface area contributed by atoms with Crippen molar-refractivity contribution in [3.05, 3.63) is 54.1 Å². The number of anilines is 1. The van der Waals surface area contributed by atoms with E-state index in [4.69, 9.17) is 10.5 Å². The molecule has 3 nitrogen and oxygen atoms in total. The summed E-state index contributed by atoms with van der Waals surface area (Å²) in [7, 11) is 0. The Balaban J connectivity index is 2.34. The Morgan fingerprint density at radius 3 is 2.50 bits per heavy atom. The van der Waals surface area contributed by atoms with E-state index in [9.17, 15) is 4.79 Å². The summed E-state index contributed by atoms with van der Waals surface area (Å²) in [5.41, 5.74) is 8.99. The lowest BCUT2D eigenvalue weighted by Crippen LogP contribution is -2.05. The molecule has 0 saturated carbocycles. The maximum absolute atomic E-state index is 11.6. The first-order chi connectivity index (χ1) is 8.72. The molecule has 0 aliphatic rings. The number of benzene rings is 2. The lowest BCUT2D eigenvalue weighted by Gasteiger charge is -2.08. The average molecular weight is 241 g/mol. The fraction of sp³-hybridized carbons (Fsp3) is 0.133. The second-order valence-electron chi connectivity index (χ2n) is 3.89. The monoisotopic (exact) mass is 241 g/mol. The van der Waals surface area contributed by atoms with Gasteiger partial charge in [-0.1, -0.05) is 36.4 Å². The summed E-state index contributed by atoms with van der Waals surface area (Å²) in [6, 6.07) is 15.0. The number of nitrogens with two attached hydrogens (primary N) is 1. The van der Waals surface area contributed by atoms with E-state index in [-0.39, 0.29) is 5.97 Å². The van der Waals surface area contributed by atoms with Crippen LogP contribution in [0.15, 0.2) is 48.5 Å². The van der Waals surface area contributed by atoms with Crippen molar-refractivity contribution in [1.82, 2.24) is 0 Å². The minimum absolute atomic E-state index is 0.344. The zero-order valence-corrected chi connectivity index (χ0v) is 10.2. The van der Waals surface area contributed by atoms with Gasteiger partial charge in [0, 0.05) is 11.3 Å². The third-order valence-corrected chi connectivity index (χ3v) is 2.65. The molecule has 0 aliphatic heterocycles. The number of ether oxygens (including phenoxy) is 1. The largest absolute Gasteiger partial charge is 0.462 e. The van der Waals surface area contributed by atoms with Gasteiger partial charge in [0.2, 0.25) is 0 Å². The van der Waals surface area contributed by atoms with Crippen LogP contribution >= 0.6 is 0 Å². The molecule has 2 aromatic carbocycles. The van der Waals surface area contributed by atoms with Crippen LogP contribution in [-0.4, -0.2) is 12.6 Å². The fourth-order valence-corrected chi connectivity index (χ4v) is 1.78. The van der Waals surface area contributed by atoms with Crippen molar-refractivity contribution < 1.29 is 9.53 Å². The lowest BCUT2D eigenvalue weighted by atomic mass is 10.0. The van der Waals surface area contributed by atoms with Gasteiger partial charge in [0.15, 0.2) is 0 Å². The van der Waals surface area contributed by atoms with Crippen molar-refractivity contribution in [2.45, 2.75) is 6.92 Å². The summed E-state index contributed by atoms with van der Waals surface area (Å²) < 4.78 is 4.93. The Morgan fingerprint density at radius 1 is 1.17 bits per heavy atom. The van der Waals surface area contributed by atoms with E-state index < -0.39 is 0 Å². The van der Waals surface area contributed by atoms with Gasteiger partial charge >= 0.3 is 5.97 Å². The summed E-state index contributed by atoms with van der Waals surface area (Å²) >= 11 is 0. The van der Waals surface area contributed by atoms with Crippen LogP contribution in [0.2, 0.25) is 0 Å². The zero-order chi connectivity index (χ0) is 13.0. The SMILES string of the molecule is CCOC(=O)c1ccc(-c2ccccc2)c(N)c1. The molecule has 0 atom stereocenters. The van der Waals surface area contributed by atoms with Crippen LogP contribution in [0.4, 0.5) is 5.69 Å². The van der Waals surface area contributed by atoms with E-state index in [1.165, 1.54) is 0 Å². The predicted molar refractivity (Wildman–Crippen MR) is 72.2 cm³/mol. The highest BCUT2D eigenvalue weighted by Crippen LogP contribution is 2.26. The molecule has 2 N–H and O–H groups in total. The summed E-state index contributed by atoms with van der Waals surface area (Å²) in [6.45, 7) is 2.14. The second-order valence-corrected chi connectivity index (χ2v) is 3.89. The van der Waals surface area contributed by atoms with Gasteiger partial charge in [-0.2, -0.15) is 0 Å². The quantitative estimate of drug-likeness (QED) is 0.663. The maximum atomic E-state index is 11.6. The average Bonchev–Trinajstić information content (AvgIpc) is 2.40. The fourth-order valence-electron chi connectivity index (χ4n) is 1.78. The molecule has 92 valence electrons. The number of hydrogen-bond donors (Lipinski definition) is 1. The minimum Gasteiger partial charge on any atom is -0.462 e. The molecule has 0 fully saturated rings. The highest BCUT2D eigenvalue weighted by Gasteiger charge is 2.09. The molecule has 3 heteroatoms. The molecule has 2 aromatic rings. The maximum Gasteiger partial charge on any atom is 0.338 e. The zero-order valence-electron chi connectivity index (χ0n) is 10.2. The van der Waals surface area contributed by atoms with Crippen molar-refractivity contribution in [3.8, 4) is 11.1 Å². The standard InChI is InChI=1S/C15H15NO2/c1-2-18-15(17)12-8-9-13(14(16)10-12)11-6-4-3-5-7-11/h3-10H,2,16H2,1H3. The summed E-state index contributed by atoms with van der Waals surface area (Å²) in [6.07, 6.45) is 0. The molecular formula is C15H15NO2. The molecular weight excluding hydrogens is 226 g/mol. The van der Waals surface area contributed by atoms with Crippen molar-refractivity contribution in [2.24, 2.45) is 0 Å². The van der Waals surface area contributed by atoms with Crippen LogP contribution in [0, 0.1) is 0 Å². The van der Waals surface area contributed by atoms with Gasteiger partial charge in [-0.15, -0.1) is 0 Å². The lowest BCUT2D eigenvalue weighted by molar-refractivity contribution is 0.0526. The molecule has 0 radical (unpaired) electrons. The van der Waals surface area contributed by atoms with Crippen LogP contribution in [0.1, 0.15) is 17.3 Å². The number of rotatable bonds is 3. The third kappa shape index (κ3) is 2.51. The van der Waals surface area contributed by atoms with Crippen LogP contribution < -0.4 is 5.73 Å². The number of carbonyl (C=O) groups is 1. The van der Waals surface area contributed by atoms with Gasteiger partial charge in [-0.05, 0) is 24.6 Å². The van der Waals surface area contributed by atoms with E-state index in [0.717, 1.165) is 11.1 Å². The van der Waals surface area contributed by atoms with Gasteiger partial charge in [-0.25, -0.2) is 4.79 Å². The number of nitrogen functional groups attached to an aromatic ring is 1. The Morgan fingerprint density at radius 2 is 1.89 bits per heavy atom. The molecule has 0 heterocycles. The van der Waals surface area contributed by atoms with Crippen molar-refractivity contribution in [3.63, 3.8) is 0 Å². The smallest absolute Gasteiger partial charge is 0.338 e.